The van der Waals surface area contributed by atoms with E-state index in [2.05, 4.69) is 0 Å². The van der Waals surface area contributed by atoms with Crippen molar-refractivity contribution in [2.45, 2.75) is 18.6 Å². The Bertz CT molecular complexity index is 466. The highest BCUT2D eigenvalue weighted by molar-refractivity contribution is 8.15. The zero-order valence-corrected chi connectivity index (χ0v) is 11.6. The van der Waals surface area contributed by atoms with Crippen LogP contribution in [0.15, 0.2) is 30.3 Å². The van der Waals surface area contributed by atoms with Crippen LogP contribution in [0, 0.1) is 0 Å². The monoisotopic (exact) mass is 272 g/mol. The molecule has 1 aromatic rings. The first-order chi connectivity index (χ1) is 7.95. The normalized spacial score (nSPS) is 13.3. The fourth-order valence-corrected chi connectivity index (χ4v) is 3.60. The molecule has 0 saturated carbocycles. The molecule has 0 fully saturated rings. The summed E-state index contributed by atoms with van der Waals surface area (Å²) < 4.78 is 23.2. The summed E-state index contributed by atoms with van der Waals surface area (Å²) in [5.41, 5.74) is 0.868. The van der Waals surface area contributed by atoms with Crippen LogP contribution in [0.1, 0.15) is 12.5 Å². The fraction of sp³-hybridized carbons (Fsp3) is 0.417. The average Bonchev–Trinajstić information content (AvgIpc) is 2.26. The summed E-state index contributed by atoms with van der Waals surface area (Å²) in [6.07, 6.45) is 1.38. The molecular formula is C12H16O3S2. The van der Waals surface area contributed by atoms with Crippen LogP contribution in [-0.4, -0.2) is 30.8 Å². The van der Waals surface area contributed by atoms with Gasteiger partial charge in [0.05, 0.1) is 0 Å². The van der Waals surface area contributed by atoms with Crippen LogP contribution in [0.5, 0.6) is 0 Å². The number of carbonyl (C=O) groups excluding carboxylic acids is 1. The number of carbonyl (C=O) groups is 1. The van der Waals surface area contributed by atoms with Gasteiger partial charge >= 0.3 is 0 Å². The molecule has 1 unspecified atom stereocenters. The SMILES string of the molecule is CCSC(=O)C(Cc1ccccc1)S(C)(=O)=O. The first-order valence-corrected chi connectivity index (χ1v) is 8.28. The van der Waals surface area contributed by atoms with Crippen LogP contribution >= 0.6 is 11.8 Å². The van der Waals surface area contributed by atoms with Crippen molar-refractivity contribution in [1.29, 1.82) is 0 Å². The van der Waals surface area contributed by atoms with Crippen molar-refractivity contribution in [1.82, 2.24) is 0 Å². The number of rotatable bonds is 5. The van der Waals surface area contributed by atoms with E-state index in [4.69, 9.17) is 0 Å². The predicted octanol–water partition coefficient (Wildman–Crippen LogP) is 1.92. The van der Waals surface area contributed by atoms with E-state index in [1.807, 2.05) is 37.3 Å². The van der Waals surface area contributed by atoms with Gasteiger partial charge in [0, 0.05) is 6.26 Å². The molecule has 0 N–H and O–H groups in total. The second-order valence-corrected chi connectivity index (χ2v) is 7.26. The van der Waals surface area contributed by atoms with Crippen LogP contribution in [0.3, 0.4) is 0 Å². The lowest BCUT2D eigenvalue weighted by molar-refractivity contribution is -0.110. The van der Waals surface area contributed by atoms with Crippen LogP contribution in [0.4, 0.5) is 0 Å². The lowest BCUT2D eigenvalue weighted by Gasteiger charge is -2.13. The van der Waals surface area contributed by atoms with E-state index in [1.165, 1.54) is 0 Å². The number of hydrogen-bond acceptors (Lipinski definition) is 4. The Balaban J connectivity index is 2.90. The van der Waals surface area contributed by atoms with E-state index in [0.717, 1.165) is 23.6 Å². The first kappa shape index (κ1) is 14.3. The Labute approximate surface area is 107 Å². The smallest absolute Gasteiger partial charge is 0.207 e. The molecule has 94 valence electrons. The van der Waals surface area contributed by atoms with Crippen LogP contribution < -0.4 is 0 Å². The molecule has 1 aromatic carbocycles. The molecule has 5 heteroatoms. The Hall–Kier alpha value is -0.810. The van der Waals surface area contributed by atoms with E-state index >= 15 is 0 Å². The zero-order valence-electron chi connectivity index (χ0n) is 9.92. The molecule has 0 aliphatic heterocycles. The minimum atomic E-state index is -3.35. The Kier molecular flexibility index (Phi) is 5.21. The van der Waals surface area contributed by atoms with Gasteiger partial charge in [-0.1, -0.05) is 49.0 Å². The fourth-order valence-electron chi connectivity index (χ4n) is 1.47. The Morgan fingerprint density at radius 1 is 1.29 bits per heavy atom. The summed E-state index contributed by atoms with van der Waals surface area (Å²) >= 11 is 1.07. The maximum atomic E-state index is 11.8. The molecule has 0 saturated heterocycles. The van der Waals surface area contributed by atoms with Gasteiger partial charge in [-0.05, 0) is 17.7 Å². The third-order valence-corrected chi connectivity index (χ3v) is 4.75. The molecule has 17 heavy (non-hydrogen) atoms. The summed E-state index contributed by atoms with van der Waals surface area (Å²) in [7, 11) is -3.35. The van der Waals surface area contributed by atoms with E-state index < -0.39 is 15.1 Å². The second kappa shape index (κ2) is 6.21. The van der Waals surface area contributed by atoms with Crippen molar-refractivity contribution in [2.75, 3.05) is 12.0 Å². The molecule has 0 aromatic heterocycles. The molecule has 0 bridgehead atoms. The van der Waals surface area contributed by atoms with Gasteiger partial charge in [0.1, 0.15) is 5.25 Å². The quantitative estimate of drug-likeness (QED) is 0.822. The van der Waals surface area contributed by atoms with Gasteiger partial charge in [0.2, 0.25) is 5.12 Å². The summed E-state index contributed by atoms with van der Waals surface area (Å²) in [6.45, 7) is 1.84. The standard InChI is InChI=1S/C12H16O3S2/c1-3-16-12(13)11(17(2,14)15)9-10-7-5-4-6-8-10/h4-8,11H,3,9H2,1-2H3. The molecular weight excluding hydrogens is 256 g/mol. The van der Waals surface area contributed by atoms with Crippen molar-refractivity contribution in [3.05, 3.63) is 35.9 Å². The lowest BCUT2D eigenvalue weighted by Crippen LogP contribution is -2.30. The highest BCUT2D eigenvalue weighted by Gasteiger charge is 2.28. The number of sulfone groups is 1. The van der Waals surface area contributed by atoms with E-state index in [-0.39, 0.29) is 11.5 Å². The van der Waals surface area contributed by atoms with Gasteiger partial charge < -0.3 is 0 Å². The number of hydrogen-bond donors (Lipinski definition) is 0. The van der Waals surface area contributed by atoms with Crippen molar-refractivity contribution in [3.8, 4) is 0 Å². The minimum Gasteiger partial charge on any atom is -0.286 e. The summed E-state index contributed by atoms with van der Waals surface area (Å²) in [5, 5.41) is -1.20. The highest BCUT2D eigenvalue weighted by Crippen LogP contribution is 2.16. The Morgan fingerprint density at radius 3 is 2.35 bits per heavy atom. The van der Waals surface area contributed by atoms with Crippen molar-refractivity contribution < 1.29 is 13.2 Å². The third kappa shape index (κ3) is 4.52. The van der Waals surface area contributed by atoms with Gasteiger partial charge in [-0.2, -0.15) is 0 Å². The molecule has 0 amide bonds. The molecule has 1 atom stereocenters. The van der Waals surface area contributed by atoms with Crippen molar-refractivity contribution in [2.24, 2.45) is 0 Å². The van der Waals surface area contributed by atoms with Gasteiger partial charge in [-0.3, -0.25) is 4.79 Å². The minimum absolute atomic E-state index is 0.255. The average molecular weight is 272 g/mol. The zero-order chi connectivity index (χ0) is 12.9. The second-order valence-electron chi connectivity index (χ2n) is 3.76. The molecule has 0 aliphatic rings. The summed E-state index contributed by atoms with van der Waals surface area (Å²) in [4.78, 5) is 11.8. The largest absolute Gasteiger partial charge is 0.286 e. The van der Waals surface area contributed by atoms with Gasteiger partial charge in [0.15, 0.2) is 9.84 Å². The molecule has 3 nitrogen and oxygen atoms in total. The molecule has 1 rings (SSSR count). The predicted molar refractivity (Wildman–Crippen MR) is 71.9 cm³/mol. The molecule has 0 radical (unpaired) electrons. The van der Waals surface area contributed by atoms with Crippen LogP contribution in [0.2, 0.25) is 0 Å². The maximum absolute atomic E-state index is 11.8. The number of benzene rings is 1. The van der Waals surface area contributed by atoms with Gasteiger partial charge in [-0.15, -0.1) is 0 Å². The van der Waals surface area contributed by atoms with E-state index in [1.54, 1.807) is 0 Å². The molecule has 0 spiro atoms. The molecule has 0 heterocycles. The van der Waals surface area contributed by atoms with Gasteiger partial charge in [0.25, 0.3) is 0 Å². The summed E-state index contributed by atoms with van der Waals surface area (Å²) in [5.74, 6) is 0.597. The maximum Gasteiger partial charge on any atom is 0.207 e. The van der Waals surface area contributed by atoms with Gasteiger partial charge in [-0.25, -0.2) is 8.42 Å². The van der Waals surface area contributed by atoms with Crippen molar-refractivity contribution in [3.63, 3.8) is 0 Å². The van der Waals surface area contributed by atoms with E-state index in [9.17, 15) is 13.2 Å². The first-order valence-electron chi connectivity index (χ1n) is 5.34. The highest BCUT2D eigenvalue weighted by atomic mass is 32.2. The molecule has 0 aliphatic carbocycles. The van der Waals surface area contributed by atoms with Crippen LogP contribution in [-0.2, 0) is 21.1 Å². The number of thioether (sulfide) groups is 1. The Morgan fingerprint density at radius 2 is 1.88 bits per heavy atom. The van der Waals surface area contributed by atoms with E-state index in [0.29, 0.717) is 5.75 Å². The lowest BCUT2D eigenvalue weighted by atomic mass is 10.1. The van der Waals surface area contributed by atoms with Crippen LogP contribution in [0.25, 0.3) is 0 Å². The summed E-state index contributed by atoms with van der Waals surface area (Å²) in [6, 6.07) is 9.21. The van der Waals surface area contributed by atoms with Crippen molar-refractivity contribution >= 4 is 26.7 Å². The topological polar surface area (TPSA) is 51.2 Å². The third-order valence-electron chi connectivity index (χ3n) is 2.33.